The van der Waals surface area contributed by atoms with Gasteiger partial charge in [-0.15, -0.1) is 0 Å². The number of hydrogen-bond donors (Lipinski definition) is 2. The molecule has 2 nitrogen and oxygen atoms in total. The molecule has 2 rings (SSSR count). The molecule has 0 unspecified atom stereocenters. The normalized spacial score (nSPS) is 18.0. The molecule has 1 aliphatic rings. The van der Waals surface area contributed by atoms with Gasteiger partial charge in [-0.2, -0.15) is 0 Å². The van der Waals surface area contributed by atoms with E-state index in [1.54, 1.807) is 0 Å². The molecule has 3 N–H and O–H groups in total. The molecule has 0 bridgehead atoms. The molecule has 0 atom stereocenters. The number of benzene rings is 1. The first kappa shape index (κ1) is 14.3. The molecule has 3 heteroatoms. The molecule has 1 aliphatic carbocycles. The van der Waals surface area contributed by atoms with Gasteiger partial charge in [0.1, 0.15) is 4.99 Å². The van der Waals surface area contributed by atoms with E-state index in [2.05, 4.69) is 37.4 Å². The topological polar surface area (TPSA) is 38.0 Å². The van der Waals surface area contributed by atoms with Crippen LogP contribution < -0.4 is 11.1 Å². The van der Waals surface area contributed by atoms with Crippen LogP contribution in [0.15, 0.2) is 18.2 Å². The van der Waals surface area contributed by atoms with Gasteiger partial charge in [-0.05, 0) is 37.3 Å². The zero-order valence-corrected chi connectivity index (χ0v) is 12.8. The van der Waals surface area contributed by atoms with Crippen LogP contribution in [0.25, 0.3) is 0 Å². The standard InChI is InChI=1S/C16H24N2S/c1-12-6-7-14(13(10-12)15(17)19)18-11-16(2)8-4-3-5-9-16/h6-7,10,18H,3-5,8-9,11H2,1-2H3,(H2,17,19). The number of rotatable bonds is 4. The second kappa shape index (κ2) is 5.91. The van der Waals surface area contributed by atoms with Crippen molar-refractivity contribution in [3.63, 3.8) is 0 Å². The molecule has 1 aromatic carbocycles. The van der Waals surface area contributed by atoms with Gasteiger partial charge in [-0.1, -0.05) is 50.0 Å². The summed E-state index contributed by atoms with van der Waals surface area (Å²) in [6.45, 7) is 5.45. The fraction of sp³-hybridized carbons (Fsp3) is 0.562. The summed E-state index contributed by atoms with van der Waals surface area (Å²) in [4.78, 5) is 0.472. The first-order chi connectivity index (χ1) is 9.00. The monoisotopic (exact) mass is 276 g/mol. The minimum absolute atomic E-state index is 0.413. The third kappa shape index (κ3) is 3.69. The van der Waals surface area contributed by atoms with E-state index >= 15 is 0 Å². The summed E-state index contributed by atoms with van der Waals surface area (Å²) in [5, 5.41) is 3.56. The van der Waals surface area contributed by atoms with Crippen LogP contribution in [0.1, 0.15) is 50.2 Å². The van der Waals surface area contributed by atoms with E-state index in [0.717, 1.165) is 17.8 Å². The number of hydrogen-bond acceptors (Lipinski definition) is 2. The molecule has 0 heterocycles. The van der Waals surface area contributed by atoms with E-state index in [1.807, 2.05) is 0 Å². The van der Waals surface area contributed by atoms with Gasteiger partial charge in [-0.25, -0.2) is 0 Å². The predicted octanol–water partition coefficient (Wildman–Crippen LogP) is 4.01. The van der Waals surface area contributed by atoms with Crippen LogP contribution in [0.2, 0.25) is 0 Å². The Labute approximate surface area is 121 Å². The summed E-state index contributed by atoms with van der Waals surface area (Å²) in [6.07, 6.45) is 6.73. The smallest absolute Gasteiger partial charge is 0.106 e. The Kier molecular flexibility index (Phi) is 4.46. The van der Waals surface area contributed by atoms with Crippen molar-refractivity contribution in [1.29, 1.82) is 0 Å². The van der Waals surface area contributed by atoms with E-state index in [1.165, 1.54) is 37.7 Å². The quantitative estimate of drug-likeness (QED) is 0.816. The third-order valence-electron chi connectivity index (χ3n) is 4.21. The van der Waals surface area contributed by atoms with Gasteiger partial charge >= 0.3 is 0 Å². The van der Waals surface area contributed by atoms with Crippen molar-refractivity contribution in [3.8, 4) is 0 Å². The van der Waals surface area contributed by atoms with E-state index in [-0.39, 0.29) is 0 Å². The summed E-state index contributed by atoms with van der Waals surface area (Å²) in [7, 11) is 0. The van der Waals surface area contributed by atoms with Gasteiger partial charge in [-0.3, -0.25) is 0 Å². The zero-order chi connectivity index (χ0) is 13.9. The minimum Gasteiger partial charge on any atom is -0.389 e. The van der Waals surface area contributed by atoms with E-state index in [0.29, 0.717) is 10.4 Å². The highest BCUT2D eigenvalue weighted by molar-refractivity contribution is 7.80. The maximum absolute atomic E-state index is 5.82. The Hall–Kier alpha value is -1.09. The molecular formula is C16H24N2S. The molecule has 1 fully saturated rings. The summed E-state index contributed by atoms with van der Waals surface area (Å²) in [6, 6.07) is 6.26. The summed E-state index contributed by atoms with van der Waals surface area (Å²) in [5.74, 6) is 0. The first-order valence-corrected chi connectivity index (χ1v) is 7.55. The van der Waals surface area contributed by atoms with Crippen molar-refractivity contribution in [2.45, 2.75) is 46.0 Å². The minimum atomic E-state index is 0.413. The van der Waals surface area contributed by atoms with Crippen LogP contribution in [0, 0.1) is 12.3 Å². The van der Waals surface area contributed by atoms with Crippen LogP contribution in [0.3, 0.4) is 0 Å². The second-order valence-corrected chi connectivity index (χ2v) is 6.58. The van der Waals surface area contributed by atoms with Crippen molar-refractivity contribution in [2.24, 2.45) is 11.1 Å². The van der Waals surface area contributed by atoms with Crippen molar-refractivity contribution < 1.29 is 0 Å². The van der Waals surface area contributed by atoms with Crippen LogP contribution in [0.5, 0.6) is 0 Å². The number of nitrogens with two attached hydrogens (primary N) is 1. The zero-order valence-electron chi connectivity index (χ0n) is 12.0. The molecule has 0 aromatic heterocycles. The maximum Gasteiger partial charge on any atom is 0.106 e. The molecule has 1 saturated carbocycles. The molecule has 0 aliphatic heterocycles. The Morgan fingerprint density at radius 3 is 2.63 bits per heavy atom. The maximum atomic E-state index is 5.82. The largest absolute Gasteiger partial charge is 0.389 e. The Balaban J connectivity index is 2.08. The Morgan fingerprint density at radius 1 is 1.32 bits per heavy atom. The van der Waals surface area contributed by atoms with Gasteiger partial charge in [0.25, 0.3) is 0 Å². The molecule has 0 amide bonds. The van der Waals surface area contributed by atoms with Crippen molar-refractivity contribution in [3.05, 3.63) is 29.3 Å². The van der Waals surface area contributed by atoms with Crippen LogP contribution in [-0.2, 0) is 0 Å². The Bertz CT molecular complexity index is 462. The fourth-order valence-corrected chi connectivity index (χ4v) is 3.08. The average Bonchev–Trinajstić information content (AvgIpc) is 2.38. The van der Waals surface area contributed by atoms with Crippen molar-refractivity contribution in [1.82, 2.24) is 0 Å². The summed E-state index contributed by atoms with van der Waals surface area (Å²) >= 11 is 5.15. The molecule has 0 spiro atoms. The summed E-state index contributed by atoms with van der Waals surface area (Å²) < 4.78 is 0. The van der Waals surface area contributed by atoms with Crippen LogP contribution in [-0.4, -0.2) is 11.5 Å². The third-order valence-corrected chi connectivity index (χ3v) is 4.43. The average molecular weight is 276 g/mol. The molecule has 0 radical (unpaired) electrons. The number of anilines is 1. The lowest BCUT2D eigenvalue weighted by atomic mass is 9.75. The van der Waals surface area contributed by atoms with E-state index in [4.69, 9.17) is 18.0 Å². The lowest BCUT2D eigenvalue weighted by molar-refractivity contribution is 0.233. The summed E-state index contributed by atoms with van der Waals surface area (Å²) in [5.41, 5.74) is 9.46. The lowest BCUT2D eigenvalue weighted by Crippen LogP contribution is -2.29. The number of nitrogens with one attached hydrogen (secondary N) is 1. The van der Waals surface area contributed by atoms with Gasteiger partial charge in [0.15, 0.2) is 0 Å². The SMILES string of the molecule is Cc1ccc(NCC2(C)CCCCC2)c(C(N)=S)c1. The highest BCUT2D eigenvalue weighted by atomic mass is 32.1. The molecule has 1 aromatic rings. The Morgan fingerprint density at radius 2 is 2.00 bits per heavy atom. The molecular weight excluding hydrogens is 252 g/mol. The van der Waals surface area contributed by atoms with Gasteiger partial charge in [0.2, 0.25) is 0 Å². The van der Waals surface area contributed by atoms with Crippen molar-refractivity contribution in [2.75, 3.05) is 11.9 Å². The van der Waals surface area contributed by atoms with E-state index < -0.39 is 0 Å². The number of aryl methyl sites for hydroxylation is 1. The second-order valence-electron chi connectivity index (χ2n) is 6.14. The fourth-order valence-electron chi connectivity index (χ4n) is 2.91. The van der Waals surface area contributed by atoms with E-state index in [9.17, 15) is 0 Å². The highest BCUT2D eigenvalue weighted by Gasteiger charge is 2.26. The highest BCUT2D eigenvalue weighted by Crippen LogP contribution is 2.36. The molecule has 0 saturated heterocycles. The predicted molar refractivity (Wildman–Crippen MR) is 86.7 cm³/mol. The molecule has 19 heavy (non-hydrogen) atoms. The molecule has 104 valence electrons. The van der Waals surface area contributed by atoms with Crippen LogP contribution >= 0.6 is 12.2 Å². The van der Waals surface area contributed by atoms with Crippen molar-refractivity contribution >= 4 is 22.9 Å². The number of thiocarbonyl (C=S) groups is 1. The van der Waals surface area contributed by atoms with Gasteiger partial charge < -0.3 is 11.1 Å². The lowest BCUT2D eigenvalue weighted by Gasteiger charge is -2.34. The first-order valence-electron chi connectivity index (χ1n) is 7.15. The van der Waals surface area contributed by atoms with Gasteiger partial charge in [0, 0.05) is 17.8 Å². The van der Waals surface area contributed by atoms with Gasteiger partial charge in [0.05, 0.1) is 0 Å². The van der Waals surface area contributed by atoms with Crippen LogP contribution in [0.4, 0.5) is 5.69 Å².